The molecule has 3 heterocycles. The van der Waals surface area contributed by atoms with Crippen LogP contribution >= 0.6 is 0 Å². The van der Waals surface area contributed by atoms with Crippen molar-refractivity contribution in [2.24, 2.45) is 7.05 Å². The molecule has 5 nitrogen and oxygen atoms in total. The van der Waals surface area contributed by atoms with Crippen LogP contribution in [-0.2, 0) is 7.05 Å². The van der Waals surface area contributed by atoms with E-state index in [4.69, 9.17) is 5.26 Å². The van der Waals surface area contributed by atoms with Crippen LogP contribution in [0, 0.1) is 11.3 Å². The molecule has 0 bridgehead atoms. The highest BCUT2D eigenvalue weighted by molar-refractivity contribution is 5.85. The summed E-state index contributed by atoms with van der Waals surface area (Å²) in [6.07, 6.45) is 3.63. The topological polar surface area (TPSA) is 66.5 Å². The number of benzene rings is 1. The van der Waals surface area contributed by atoms with Gasteiger partial charge in [0, 0.05) is 18.5 Å². The molecule has 1 aliphatic rings. The number of rotatable bonds is 1. The highest BCUT2D eigenvalue weighted by Crippen LogP contribution is 2.45. The van der Waals surface area contributed by atoms with Crippen LogP contribution in [0.15, 0.2) is 36.8 Å². The van der Waals surface area contributed by atoms with E-state index in [1.807, 2.05) is 42.3 Å². The minimum absolute atomic E-state index is 0.122. The van der Waals surface area contributed by atoms with Crippen LogP contribution in [-0.4, -0.2) is 14.5 Å². The molecule has 0 saturated heterocycles. The summed E-state index contributed by atoms with van der Waals surface area (Å²) in [7, 11) is 2.01. The van der Waals surface area contributed by atoms with Gasteiger partial charge < -0.3 is 9.88 Å². The number of nitrogens with zero attached hydrogens (tertiary/aromatic N) is 4. The summed E-state index contributed by atoms with van der Waals surface area (Å²) in [5.41, 5.74) is 5.04. The van der Waals surface area contributed by atoms with Gasteiger partial charge in [-0.3, -0.25) is 0 Å². The zero-order valence-electron chi connectivity index (χ0n) is 12.4. The normalized spacial score (nSPS) is 19.7. The van der Waals surface area contributed by atoms with Gasteiger partial charge in [0.25, 0.3) is 0 Å². The number of pyridine rings is 1. The quantitative estimate of drug-likeness (QED) is 0.747. The molecule has 108 valence electrons. The van der Waals surface area contributed by atoms with Gasteiger partial charge in [0.2, 0.25) is 0 Å². The Morgan fingerprint density at radius 3 is 3.00 bits per heavy atom. The van der Waals surface area contributed by atoms with E-state index in [2.05, 4.69) is 34.3 Å². The molecular formula is C17H15N5. The fraction of sp³-hybridized carbons (Fsp3) is 0.235. The summed E-state index contributed by atoms with van der Waals surface area (Å²) in [6, 6.07) is 10.1. The molecule has 22 heavy (non-hydrogen) atoms. The summed E-state index contributed by atoms with van der Waals surface area (Å²) >= 11 is 0. The summed E-state index contributed by atoms with van der Waals surface area (Å²) in [5, 5.41) is 12.6. The van der Waals surface area contributed by atoms with Crippen molar-refractivity contribution in [3.05, 3.63) is 53.5 Å². The number of fused-ring (bicyclic) bond motifs is 3. The standard InChI is InChI=1S/C17H15N5/c1-10-14-16-13(20-9-22(16)2)8-19-17(14)21-15(10)12-5-3-4-11(6-12)7-18/h3-6,8-10,15H,1-2H3,(H,19,21). The Kier molecular flexibility index (Phi) is 2.67. The number of aromatic nitrogens is 3. The van der Waals surface area contributed by atoms with Crippen LogP contribution in [0.5, 0.6) is 0 Å². The summed E-state index contributed by atoms with van der Waals surface area (Å²) < 4.78 is 2.04. The van der Waals surface area contributed by atoms with Crippen LogP contribution < -0.4 is 5.32 Å². The Morgan fingerprint density at radius 2 is 2.18 bits per heavy atom. The number of hydrogen-bond donors (Lipinski definition) is 1. The van der Waals surface area contributed by atoms with Crippen molar-refractivity contribution in [2.45, 2.75) is 18.9 Å². The third-order valence-electron chi connectivity index (χ3n) is 4.41. The Hall–Kier alpha value is -2.87. The third-order valence-corrected chi connectivity index (χ3v) is 4.41. The molecule has 5 heteroatoms. The van der Waals surface area contributed by atoms with E-state index < -0.39 is 0 Å². The lowest BCUT2D eigenvalue weighted by Crippen LogP contribution is -2.09. The third kappa shape index (κ3) is 1.70. The predicted molar refractivity (Wildman–Crippen MR) is 84.4 cm³/mol. The number of aryl methyl sites for hydroxylation is 1. The zero-order valence-corrected chi connectivity index (χ0v) is 12.4. The van der Waals surface area contributed by atoms with E-state index in [0.29, 0.717) is 5.56 Å². The Balaban J connectivity index is 1.85. The molecule has 2 atom stereocenters. The maximum absolute atomic E-state index is 9.10. The van der Waals surface area contributed by atoms with Gasteiger partial charge in [-0.2, -0.15) is 5.26 Å². The molecule has 3 aromatic rings. The molecule has 0 fully saturated rings. The van der Waals surface area contributed by atoms with Crippen molar-refractivity contribution in [2.75, 3.05) is 5.32 Å². The number of nitrogens with one attached hydrogen (secondary N) is 1. The summed E-state index contributed by atoms with van der Waals surface area (Å²) in [6.45, 7) is 2.19. The highest BCUT2D eigenvalue weighted by atomic mass is 15.1. The average molecular weight is 289 g/mol. The smallest absolute Gasteiger partial charge is 0.132 e. The fourth-order valence-corrected chi connectivity index (χ4v) is 3.34. The minimum Gasteiger partial charge on any atom is -0.362 e. The number of nitriles is 1. The predicted octanol–water partition coefficient (Wildman–Crippen LogP) is 3.11. The first-order chi connectivity index (χ1) is 10.7. The van der Waals surface area contributed by atoms with Crippen molar-refractivity contribution < 1.29 is 0 Å². The van der Waals surface area contributed by atoms with Gasteiger partial charge in [0.1, 0.15) is 11.3 Å². The van der Waals surface area contributed by atoms with E-state index in [0.717, 1.165) is 22.4 Å². The molecule has 4 rings (SSSR count). The molecule has 1 aromatic carbocycles. The molecular weight excluding hydrogens is 274 g/mol. The second-order valence-electron chi connectivity index (χ2n) is 5.76. The van der Waals surface area contributed by atoms with Crippen molar-refractivity contribution in [3.63, 3.8) is 0 Å². The van der Waals surface area contributed by atoms with E-state index in [1.54, 1.807) is 0 Å². The van der Waals surface area contributed by atoms with Gasteiger partial charge in [0.05, 0.1) is 35.7 Å². The minimum atomic E-state index is 0.122. The summed E-state index contributed by atoms with van der Waals surface area (Å²) in [5.74, 6) is 1.17. The maximum Gasteiger partial charge on any atom is 0.132 e. The lowest BCUT2D eigenvalue weighted by Gasteiger charge is -2.17. The van der Waals surface area contributed by atoms with Crippen LogP contribution in [0.4, 0.5) is 5.82 Å². The molecule has 0 radical (unpaired) electrons. The molecule has 0 amide bonds. The number of imidazole rings is 1. The first kappa shape index (κ1) is 12.8. The van der Waals surface area contributed by atoms with Crippen molar-refractivity contribution >= 4 is 16.9 Å². The van der Waals surface area contributed by atoms with E-state index in [-0.39, 0.29) is 12.0 Å². The molecule has 0 aliphatic carbocycles. The number of anilines is 1. The second-order valence-corrected chi connectivity index (χ2v) is 5.76. The zero-order chi connectivity index (χ0) is 15.3. The van der Waals surface area contributed by atoms with Gasteiger partial charge >= 0.3 is 0 Å². The lowest BCUT2D eigenvalue weighted by atomic mass is 9.91. The molecule has 1 aliphatic heterocycles. The second kappa shape index (κ2) is 4.57. The van der Waals surface area contributed by atoms with Crippen LogP contribution in [0.2, 0.25) is 0 Å². The molecule has 2 unspecified atom stereocenters. The Morgan fingerprint density at radius 1 is 1.32 bits per heavy atom. The van der Waals surface area contributed by atoms with Crippen LogP contribution in [0.3, 0.4) is 0 Å². The van der Waals surface area contributed by atoms with E-state index in [1.165, 1.54) is 5.56 Å². The Bertz CT molecular complexity index is 918. The monoisotopic (exact) mass is 289 g/mol. The van der Waals surface area contributed by atoms with Crippen LogP contribution in [0.25, 0.3) is 11.0 Å². The van der Waals surface area contributed by atoms with Crippen molar-refractivity contribution in [3.8, 4) is 6.07 Å². The van der Waals surface area contributed by atoms with E-state index in [9.17, 15) is 0 Å². The average Bonchev–Trinajstić information content (AvgIpc) is 3.08. The fourth-order valence-electron chi connectivity index (χ4n) is 3.34. The van der Waals surface area contributed by atoms with Gasteiger partial charge in [-0.15, -0.1) is 0 Å². The van der Waals surface area contributed by atoms with Crippen molar-refractivity contribution in [1.82, 2.24) is 14.5 Å². The summed E-state index contributed by atoms with van der Waals surface area (Å²) in [4.78, 5) is 8.90. The first-order valence-corrected chi connectivity index (χ1v) is 7.25. The molecule has 1 N–H and O–H groups in total. The van der Waals surface area contributed by atoms with Crippen molar-refractivity contribution in [1.29, 1.82) is 5.26 Å². The number of hydrogen-bond acceptors (Lipinski definition) is 4. The van der Waals surface area contributed by atoms with Gasteiger partial charge in [-0.05, 0) is 17.7 Å². The lowest BCUT2D eigenvalue weighted by molar-refractivity contribution is 0.676. The van der Waals surface area contributed by atoms with Gasteiger partial charge in [-0.25, -0.2) is 9.97 Å². The van der Waals surface area contributed by atoms with Gasteiger partial charge in [0.15, 0.2) is 0 Å². The van der Waals surface area contributed by atoms with Gasteiger partial charge in [-0.1, -0.05) is 19.1 Å². The van der Waals surface area contributed by atoms with Crippen LogP contribution in [0.1, 0.15) is 35.6 Å². The molecule has 2 aromatic heterocycles. The highest BCUT2D eigenvalue weighted by Gasteiger charge is 2.33. The molecule has 0 spiro atoms. The largest absolute Gasteiger partial charge is 0.362 e. The first-order valence-electron chi connectivity index (χ1n) is 7.25. The SMILES string of the molecule is CC1c2c(ncc3ncn(C)c23)NC1c1cccc(C#N)c1. The molecule has 0 saturated carbocycles. The van der Waals surface area contributed by atoms with E-state index >= 15 is 0 Å². The maximum atomic E-state index is 9.10. The Labute approximate surface area is 128 Å².